The normalized spacial score (nSPS) is 15.0. The third-order valence-electron chi connectivity index (χ3n) is 1.47. The van der Waals surface area contributed by atoms with Crippen molar-refractivity contribution in [3.05, 3.63) is 0 Å². The number of alkyl halides is 3. The lowest BCUT2D eigenvalue weighted by atomic mass is 10.1. The van der Waals surface area contributed by atoms with Gasteiger partial charge in [0, 0.05) is 13.0 Å². The lowest BCUT2D eigenvalue weighted by molar-refractivity contribution is -0.136. The molecule has 1 N–H and O–H groups in total. The van der Waals surface area contributed by atoms with E-state index in [0.29, 0.717) is 6.42 Å². The molecular formula is C7H13F3O. The molecule has 0 aliphatic carbocycles. The Hall–Kier alpha value is -0.250. The summed E-state index contributed by atoms with van der Waals surface area (Å²) in [7, 11) is 0. The molecule has 0 amide bonds. The third-order valence-corrected chi connectivity index (χ3v) is 1.47. The highest BCUT2D eigenvalue weighted by molar-refractivity contribution is 4.55. The molecule has 0 spiro atoms. The predicted octanol–water partition coefficient (Wildman–Crippen LogP) is 2.35. The van der Waals surface area contributed by atoms with Crippen LogP contribution in [-0.2, 0) is 0 Å². The Balaban J connectivity index is 3.28. The van der Waals surface area contributed by atoms with E-state index in [1.54, 1.807) is 6.92 Å². The number of aliphatic hydroxyl groups excluding tert-OH is 1. The van der Waals surface area contributed by atoms with E-state index in [-0.39, 0.29) is 18.9 Å². The van der Waals surface area contributed by atoms with Gasteiger partial charge in [-0.2, -0.15) is 13.2 Å². The van der Waals surface area contributed by atoms with E-state index in [1.807, 2.05) is 0 Å². The summed E-state index contributed by atoms with van der Waals surface area (Å²) in [6.07, 6.45) is -4.23. The first-order chi connectivity index (χ1) is 4.95. The minimum absolute atomic E-state index is 0.0163. The molecule has 0 bridgehead atoms. The summed E-state index contributed by atoms with van der Waals surface area (Å²) < 4.78 is 34.6. The molecular weight excluding hydrogens is 157 g/mol. The van der Waals surface area contributed by atoms with Crippen molar-refractivity contribution in [3.8, 4) is 0 Å². The van der Waals surface area contributed by atoms with Gasteiger partial charge in [-0.1, -0.05) is 6.92 Å². The molecule has 11 heavy (non-hydrogen) atoms. The molecule has 1 nitrogen and oxygen atoms in total. The maximum Gasteiger partial charge on any atom is 0.389 e. The molecule has 0 saturated heterocycles. The Labute approximate surface area is 64.2 Å². The van der Waals surface area contributed by atoms with Crippen molar-refractivity contribution >= 4 is 0 Å². The molecule has 0 aromatic rings. The second-order valence-corrected chi connectivity index (χ2v) is 2.80. The summed E-state index contributed by atoms with van der Waals surface area (Å²) in [5, 5.41) is 8.48. The van der Waals surface area contributed by atoms with Crippen molar-refractivity contribution in [3.63, 3.8) is 0 Å². The monoisotopic (exact) mass is 170 g/mol. The maximum atomic E-state index is 11.5. The summed E-state index contributed by atoms with van der Waals surface area (Å²) >= 11 is 0. The van der Waals surface area contributed by atoms with E-state index < -0.39 is 12.6 Å². The molecule has 0 fully saturated rings. The number of rotatable bonds is 4. The molecule has 68 valence electrons. The zero-order valence-corrected chi connectivity index (χ0v) is 6.49. The van der Waals surface area contributed by atoms with Gasteiger partial charge >= 0.3 is 6.18 Å². The van der Waals surface area contributed by atoms with Crippen LogP contribution in [0.5, 0.6) is 0 Å². The lowest BCUT2D eigenvalue weighted by Crippen LogP contribution is -2.08. The summed E-state index contributed by atoms with van der Waals surface area (Å²) in [4.78, 5) is 0. The molecule has 0 aliphatic rings. The van der Waals surface area contributed by atoms with E-state index in [2.05, 4.69) is 0 Å². The second-order valence-electron chi connectivity index (χ2n) is 2.80. The van der Waals surface area contributed by atoms with Crippen molar-refractivity contribution in [2.75, 3.05) is 6.61 Å². The van der Waals surface area contributed by atoms with Gasteiger partial charge in [0.05, 0.1) is 0 Å². The summed E-state index contributed by atoms with van der Waals surface area (Å²) in [6.45, 7) is 1.70. The molecule has 0 heterocycles. The quantitative estimate of drug-likeness (QED) is 0.686. The highest BCUT2D eigenvalue weighted by atomic mass is 19.4. The Morgan fingerprint density at radius 1 is 1.36 bits per heavy atom. The van der Waals surface area contributed by atoms with Crippen LogP contribution in [0.3, 0.4) is 0 Å². The number of aliphatic hydroxyl groups is 1. The average molecular weight is 170 g/mol. The van der Waals surface area contributed by atoms with Gasteiger partial charge in [0.15, 0.2) is 0 Å². The molecule has 0 radical (unpaired) electrons. The lowest BCUT2D eigenvalue weighted by Gasteiger charge is -2.08. The Kier molecular flexibility index (Phi) is 4.49. The van der Waals surface area contributed by atoms with Crippen LogP contribution < -0.4 is 0 Å². The van der Waals surface area contributed by atoms with Crippen molar-refractivity contribution in [1.29, 1.82) is 0 Å². The number of hydrogen-bond acceptors (Lipinski definition) is 1. The van der Waals surface area contributed by atoms with Crippen LogP contribution in [0, 0.1) is 5.92 Å². The fraction of sp³-hybridized carbons (Fsp3) is 1.00. The highest BCUT2D eigenvalue weighted by Gasteiger charge is 2.26. The molecule has 1 unspecified atom stereocenters. The second kappa shape index (κ2) is 4.59. The van der Waals surface area contributed by atoms with Crippen LogP contribution in [-0.4, -0.2) is 17.9 Å². The molecule has 0 aliphatic heterocycles. The molecule has 1 atom stereocenters. The van der Waals surface area contributed by atoms with E-state index in [9.17, 15) is 13.2 Å². The van der Waals surface area contributed by atoms with Gasteiger partial charge in [0.1, 0.15) is 0 Å². The topological polar surface area (TPSA) is 20.2 Å². The van der Waals surface area contributed by atoms with Crippen molar-refractivity contribution in [2.24, 2.45) is 5.92 Å². The van der Waals surface area contributed by atoms with Crippen LogP contribution in [0.25, 0.3) is 0 Å². The van der Waals surface area contributed by atoms with Crippen LogP contribution in [0.15, 0.2) is 0 Å². The first kappa shape index (κ1) is 10.8. The summed E-state index contributed by atoms with van der Waals surface area (Å²) in [6, 6.07) is 0. The average Bonchev–Trinajstić information content (AvgIpc) is 1.85. The Morgan fingerprint density at radius 2 is 1.91 bits per heavy atom. The van der Waals surface area contributed by atoms with Crippen LogP contribution in [0.2, 0.25) is 0 Å². The molecule has 0 aromatic carbocycles. The Bertz CT molecular complexity index is 100. The van der Waals surface area contributed by atoms with Gasteiger partial charge in [-0.3, -0.25) is 0 Å². The fourth-order valence-corrected chi connectivity index (χ4v) is 0.742. The van der Waals surface area contributed by atoms with Crippen LogP contribution in [0.1, 0.15) is 26.2 Å². The highest BCUT2D eigenvalue weighted by Crippen LogP contribution is 2.23. The van der Waals surface area contributed by atoms with Gasteiger partial charge in [-0.15, -0.1) is 0 Å². The first-order valence-corrected chi connectivity index (χ1v) is 3.63. The number of halogens is 3. The van der Waals surface area contributed by atoms with Crippen LogP contribution in [0.4, 0.5) is 13.2 Å². The van der Waals surface area contributed by atoms with E-state index in [1.165, 1.54) is 0 Å². The predicted molar refractivity (Wildman–Crippen MR) is 36.2 cm³/mol. The van der Waals surface area contributed by atoms with Crippen molar-refractivity contribution in [2.45, 2.75) is 32.4 Å². The third kappa shape index (κ3) is 7.65. The molecule has 4 heteroatoms. The zero-order chi connectivity index (χ0) is 8.91. The maximum absolute atomic E-state index is 11.5. The van der Waals surface area contributed by atoms with Gasteiger partial charge in [-0.25, -0.2) is 0 Å². The Morgan fingerprint density at radius 3 is 2.27 bits per heavy atom. The van der Waals surface area contributed by atoms with E-state index in [4.69, 9.17) is 5.11 Å². The van der Waals surface area contributed by atoms with Gasteiger partial charge < -0.3 is 5.11 Å². The molecule has 0 rings (SSSR count). The van der Waals surface area contributed by atoms with Crippen molar-refractivity contribution in [1.82, 2.24) is 0 Å². The van der Waals surface area contributed by atoms with Crippen LogP contribution >= 0.6 is 0 Å². The molecule has 0 saturated carbocycles. The smallest absolute Gasteiger partial charge is 0.389 e. The van der Waals surface area contributed by atoms with Gasteiger partial charge in [-0.05, 0) is 18.8 Å². The minimum Gasteiger partial charge on any atom is -0.396 e. The van der Waals surface area contributed by atoms with Crippen molar-refractivity contribution < 1.29 is 18.3 Å². The van der Waals surface area contributed by atoms with E-state index in [0.717, 1.165) is 0 Å². The fourth-order valence-electron chi connectivity index (χ4n) is 0.742. The van der Waals surface area contributed by atoms with E-state index >= 15 is 0 Å². The largest absolute Gasteiger partial charge is 0.396 e. The summed E-state index contributed by atoms with van der Waals surface area (Å²) in [5.74, 6) is -0.0163. The SMILES string of the molecule is CC(CO)CCCC(F)(F)F. The zero-order valence-electron chi connectivity index (χ0n) is 6.49. The van der Waals surface area contributed by atoms with Gasteiger partial charge in [0.25, 0.3) is 0 Å². The molecule has 0 aromatic heterocycles. The van der Waals surface area contributed by atoms with Gasteiger partial charge in [0.2, 0.25) is 0 Å². The summed E-state index contributed by atoms with van der Waals surface area (Å²) in [5.41, 5.74) is 0. The first-order valence-electron chi connectivity index (χ1n) is 3.63. The standard InChI is InChI=1S/C7H13F3O/c1-6(5-11)3-2-4-7(8,9)10/h6,11H,2-5H2,1H3. The minimum atomic E-state index is -4.05. The number of hydrogen-bond donors (Lipinski definition) is 1.